The Morgan fingerprint density at radius 2 is 1.17 bits per heavy atom. The number of carbonyl (C=O) groups excluding carboxylic acids is 2. The lowest BCUT2D eigenvalue weighted by Crippen LogP contribution is -2.40. The van der Waals surface area contributed by atoms with Crippen LogP contribution in [0, 0.1) is 29.1 Å². The summed E-state index contributed by atoms with van der Waals surface area (Å²) in [5, 5.41) is 12.5. The number of aromatic nitrogens is 1. The normalized spacial score (nSPS) is 13.8. The Bertz CT molecular complexity index is 1550. The summed E-state index contributed by atoms with van der Waals surface area (Å²) in [7, 11) is 0. The van der Waals surface area contributed by atoms with Gasteiger partial charge >= 0.3 is 5.91 Å². The molecule has 3 heterocycles. The molecule has 0 fully saturated rings. The summed E-state index contributed by atoms with van der Waals surface area (Å²) in [5.41, 5.74) is -0.912. The van der Waals surface area contributed by atoms with E-state index in [-0.39, 0.29) is 4.90 Å². The zero-order valence-corrected chi connectivity index (χ0v) is 18.6. The molecule has 2 aromatic heterocycles. The number of thiophene rings is 1. The van der Waals surface area contributed by atoms with E-state index in [1.165, 1.54) is 23.7 Å². The van der Waals surface area contributed by atoms with E-state index in [0.29, 0.717) is 5.56 Å². The summed E-state index contributed by atoms with van der Waals surface area (Å²) >= 11 is 1.49. The van der Waals surface area contributed by atoms with Crippen LogP contribution in [0.25, 0.3) is 26.6 Å². The molecule has 0 radical (unpaired) electrons. The number of imide groups is 1. The first-order valence-corrected chi connectivity index (χ1v) is 11.0. The molecule has 0 aliphatic carbocycles. The Hall–Kier alpha value is -4.38. The van der Waals surface area contributed by atoms with Gasteiger partial charge < -0.3 is 5.11 Å². The topological polar surface area (TPSA) is 64.3 Å². The van der Waals surface area contributed by atoms with Crippen LogP contribution in [0.1, 0.15) is 0 Å². The van der Waals surface area contributed by atoms with Gasteiger partial charge in [-0.15, -0.1) is 11.3 Å². The van der Waals surface area contributed by atoms with Crippen LogP contribution in [-0.2, 0) is 9.59 Å². The molecule has 0 saturated carbocycles. The van der Waals surface area contributed by atoms with Gasteiger partial charge in [0.15, 0.2) is 35.7 Å². The number of hydrogen-bond acceptors (Lipinski definition) is 4. The van der Waals surface area contributed by atoms with E-state index in [4.69, 9.17) is 0 Å². The van der Waals surface area contributed by atoms with Crippen molar-refractivity contribution in [1.82, 2.24) is 0 Å². The molecule has 0 atom stereocenters. The monoisotopic (exact) mass is 514 g/mol. The molecule has 5 rings (SSSR count). The third-order valence-corrected chi connectivity index (χ3v) is 6.65. The van der Waals surface area contributed by atoms with Crippen LogP contribution in [0.3, 0.4) is 0 Å². The van der Waals surface area contributed by atoms with E-state index in [1.807, 2.05) is 42.5 Å². The maximum atomic E-state index is 14.2. The van der Waals surface area contributed by atoms with E-state index in [2.05, 4.69) is 0 Å². The van der Waals surface area contributed by atoms with Crippen LogP contribution < -0.4 is 14.6 Å². The summed E-state index contributed by atoms with van der Waals surface area (Å²) < 4.78 is 70.1. The number of anilines is 1. The molecule has 5 nitrogen and oxygen atoms in total. The van der Waals surface area contributed by atoms with Crippen LogP contribution in [0.2, 0.25) is 0 Å². The number of nitrogens with zero attached hydrogens (tertiary/aromatic N) is 2. The first-order valence-electron chi connectivity index (χ1n) is 10.2. The van der Waals surface area contributed by atoms with Crippen molar-refractivity contribution < 1.29 is 41.2 Å². The number of amides is 2. The van der Waals surface area contributed by atoms with Crippen molar-refractivity contribution in [3.05, 3.63) is 102 Å². The SMILES string of the molecule is O=C1C([O-])=C([n+]2ccc(-c3ccc(-c4ccccc4)s3)cc2)C(=O)N1c1c(F)c(F)c(F)c(F)c1F. The number of rotatable bonds is 4. The van der Waals surface area contributed by atoms with Crippen LogP contribution in [-0.4, -0.2) is 11.8 Å². The van der Waals surface area contributed by atoms with Gasteiger partial charge in [0.05, 0.1) is 0 Å². The first kappa shape index (κ1) is 23.4. The van der Waals surface area contributed by atoms with Gasteiger partial charge in [-0.25, -0.2) is 26.9 Å². The van der Waals surface area contributed by atoms with Crippen LogP contribution >= 0.6 is 11.3 Å². The molecule has 1 aliphatic heterocycles. The lowest BCUT2D eigenvalue weighted by molar-refractivity contribution is -0.581. The predicted molar refractivity (Wildman–Crippen MR) is 117 cm³/mol. The fraction of sp³-hybridized carbons (Fsp3) is 0. The molecular weight excluding hydrogens is 503 g/mol. The van der Waals surface area contributed by atoms with Crippen molar-refractivity contribution in [2.75, 3.05) is 4.90 Å². The van der Waals surface area contributed by atoms with Crippen molar-refractivity contribution in [2.24, 2.45) is 0 Å². The molecule has 0 bridgehead atoms. The van der Waals surface area contributed by atoms with Crippen molar-refractivity contribution >= 4 is 34.5 Å². The zero-order chi connectivity index (χ0) is 25.7. The minimum Gasteiger partial charge on any atom is -0.864 e. The first-order chi connectivity index (χ1) is 17.2. The molecule has 4 aromatic rings. The van der Waals surface area contributed by atoms with Gasteiger partial charge in [-0.05, 0) is 17.7 Å². The summed E-state index contributed by atoms with van der Waals surface area (Å²) in [6, 6.07) is 16.5. The predicted octanol–water partition coefficient (Wildman–Crippen LogP) is 4.17. The third-order valence-electron chi connectivity index (χ3n) is 5.46. The molecule has 11 heteroatoms. The molecule has 0 N–H and O–H groups in total. The number of benzene rings is 2. The van der Waals surface area contributed by atoms with E-state index in [9.17, 15) is 36.6 Å². The third kappa shape index (κ3) is 3.55. The van der Waals surface area contributed by atoms with Crippen molar-refractivity contribution in [3.8, 4) is 20.9 Å². The summed E-state index contributed by atoms with van der Waals surface area (Å²) in [4.78, 5) is 26.7. The average Bonchev–Trinajstić information content (AvgIpc) is 3.47. The maximum absolute atomic E-state index is 14.2. The van der Waals surface area contributed by atoms with Crippen molar-refractivity contribution in [3.63, 3.8) is 0 Å². The molecule has 0 unspecified atom stereocenters. The lowest BCUT2D eigenvalue weighted by atomic mass is 10.2. The highest BCUT2D eigenvalue weighted by molar-refractivity contribution is 7.18. The molecule has 0 saturated heterocycles. The molecule has 1 aliphatic rings. The van der Waals surface area contributed by atoms with E-state index in [0.717, 1.165) is 19.9 Å². The average molecular weight is 514 g/mol. The van der Waals surface area contributed by atoms with E-state index in [1.54, 1.807) is 12.1 Å². The molecule has 180 valence electrons. The van der Waals surface area contributed by atoms with Gasteiger partial charge in [0.2, 0.25) is 5.82 Å². The molecular formula is C25H11F5N2O3S. The van der Waals surface area contributed by atoms with Gasteiger partial charge in [-0.2, -0.15) is 4.57 Å². The Morgan fingerprint density at radius 3 is 1.72 bits per heavy atom. The Morgan fingerprint density at radius 1 is 0.667 bits per heavy atom. The highest BCUT2D eigenvalue weighted by atomic mass is 32.1. The smallest absolute Gasteiger partial charge is 0.330 e. The molecule has 2 amide bonds. The second kappa shape index (κ2) is 8.68. The van der Waals surface area contributed by atoms with E-state index >= 15 is 0 Å². The zero-order valence-electron chi connectivity index (χ0n) is 17.8. The minimum absolute atomic E-state index is 0.347. The standard InChI is InChI=1S/C25H11F5N2O3S/c26-16-17(27)19(29)21(20(30)18(16)28)32-24(34)22(23(33)25(32)35)31-10-8-13(9-11-31)15-7-6-14(36-15)12-4-2-1-3-5-12/h1-11H. The highest BCUT2D eigenvalue weighted by Crippen LogP contribution is 2.35. The number of pyridine rings is 1. The Kier molecular flexibility index (Phi) is 5.64. The number of hydrogen-bond donors (Lipinski definition) is 0. The van der Waals surface area contributed by atoms with Crippen molar-refractivity contribution in [1.29, 1.82) is 0 Å². The second-order valence-corrected chi connectivity index (χ2v) is 8.65. The fourth-order valence-corrected chi connectivity index (χ4v) is 4.73. The van der Waals surface area contributed by atoms with Gasteiger partial charge in [-0.3, -0.25) is 9.59 Å². The Labute approximate surface area is 203 Å². The summed E-state index contributed by atoms with van der Waals surface area (Å²) in [6.45, 7) is 0. The Balaban J connectivity index is 1.48. The van der Waals surface area contributed by atoms with Crippen molar-refractivity contribution in [2.45, 2.75) is 0 Å². The van der Waals surface area contributed by atoms with Crippen LogP contribution in [0.15, 0.2) is 72.8 Å². The quantitative estimate of drug-likeness (QED) is 0.135. The van der Waals surface area contributed by atoms with E-state index < -0.39 is 58.0 Å². The molecule has 36 heavy (non-hydrogen) atoms. The molecule has 2 aromatic carbocycles. The highest BCUT2D eigenvalue weighted by Gasteiger charge is 2.45. The summed E-state index contributed by atoms with van der Waals surface area (Å²) in [6.07, 6.45) is 2.55. The fourth-order valence-electron chi connectivity index (χ4n) is 3.71. The number of carbonyl (C=O) groups is 2. The lowest BCUT2D eigenvalue weighted by Gasteiger charge is -2.17. The van der Waals surface area contributed by atoms with Gasteiger partial charge in [0.25, 0.3) is 11.6 Å². The van der Waals surface area contributed by atoms with Gasteiger partial charge in [0.1, 0.15) is 5.69 Å². The number of halogens is 5. The van der Waals surface area contributed by atoms with Gasteiger partial charge in [0, 0.05) is 33.2 Å². The van der Waals surface area contributed by atoms with Crippen LogP contribution in [0.5, 0.6) is 0 Å². The summed E-state index contributed by atoms with van der Waals surface area (Å²) in [5.74, 6) is -16.7. The molecule has 0 spiro atoms. The van der Waals surface area contributed by atoms with Gasteiger partial charge in [-0.1, -0.05) is 30.3 Å². The maximum Gasteiger partial charge on any atom is 0.330 e. The minimum atomic E-state index is -2.46. The second-order valence-electron chi connectivity index (χ2n) is 7.57. The van der Waals surface area contributed by atoms with Crippen LogP contribution in [0.4, 0.5) is 27.6 Å². The largest absolute Gasteiger partial charge is 0.864 e.